The molecular weight excluding hydrogens is 391 g/mol. The second-order valence-corrected chi connectivity index (χ2v) is 6.31. The molecule has 0 saturated heterocycles. The number of benzene rings is 2. The van der Waals surface area contributed by atoms with Crippen molar-refractivity contribution in [3.63, 3.8) is 0 Å². The molecule has 0 saturated carbocycles. The number of amides is 1. The number of carboxylic acids is 1. The zero-order valence-corrected chi connectivity index (χ0v) is 18.2. The number of rotatable bonds is 5. The van der Waals surface area contributed by atoms with E-state index in [9.17, 15) is 14.7 Å². The van der Waals surface area contributed by atoms with Crippen LogP contribution in [0.1, 0.15) is 20.7 Å². The van der Waals surface area contributed by atoms with Crippen molar-refractivity contribution >= 4 is 17.6 Å². The van der Waals surface area contributed by atoms with Gasteiger partial charge in [0.2, 0.25) is 0 Å². The molecule has 1 amide bonds. The van der Waals surface area contributed by atoms with E-state index in [0.29, 0.717) is 11.3 Å². The van der Waals surface area contributed by atoms with Crippen LogP contribution < -0.4 is 40.0 Å². The smallest absolute Gasteiger partial charge is 0.545 e. The Hall–Kier alpha value is -3.19. The van der Waals surface area contributed by atoms with Crippen LogP contribution in [0.5, 0.6) is 0 Å². The first-order valence-corrected chi connectivity index (χ1v) is 8.83. The minimum absolute atomic E-state index is 0. The van der Waals surface area contributed by atoms with Gasteiger partial charge in [0.05, 0.1) is 23.5 Å². The van der Waals surface area contributed by atoms with Gasteiger partial charge in [-0.2, -0.15) is 0 Å². The van der Waals surface area contributed by atoms with Crippen LogP contribution in [0.2, 0.25) is 0 Å². The number of nitrogens with one attached hydrogen (secondary N) is 1. The van der Waals surface area contributed by atoms with Crippen LogP contribution in [-0.2, 0) is 0 Å². The Labute approximate surface area is 194 Å². The van der Waals surface area contributed by atoms with Crippen LogP contribution in [0.25, 0.3) is 22.5 Å². The maximum absolute atomic E-state index is 12.8. The maximum atomic E-state index is 12.8. The van der Waals surface area contributed by atoms with Gasteiger partial charge in [-0.25, -0.2) is 0 Å². The molecular formula is C23H15N2NaO4. The third-order valence-corrected chi connectivity index (χ3v) is 4.40. The molecule has 7 heteroatoms. The van der Waals surface area contributed by atoms with Crippen LogP contribution in [0.15, 0.2) is 89.8 Å². The van der Waals surface area contributed by atoms with Crippen molar-refractivity contribution in [3.05, 3.63) is 96.5 Å². The Morgan fingerprint density at radius 3 is 2.37 bits per heavy atom. The van der Waals surface area contributed by atoms with Gasteiger partial charge in [-0.1, -0.05) is 42.5 Å². The summed E-state index contributed by atoms with van der Waals surface area (Å²) in [5, 5.41) is 14.2. The SMILES string of the molecule is O=C(Nc1cc(-c2ccccc2)ccc1C(=O)[O-])c1cncc(-c2ccco2)c1.[Na+]. The van der Waals surface area contributed by atoms with Crippen LogP contribution in [0, 0.1) is 0 Å². The van der Waals surface area contributed by atoms with Crippen molar-refractivity contribution in [2.75, 3.05) is 5.32 Å². The summed E-state index contributed by atoms with van der Waals surface area (Å²) in [7, 11) is 0. The molecule has 0 aliphatic heterocycles. The van der Waals surface area contributed by atoms with E-state index in [-0.39, 0.29) is 46.4 Å². The molecule has 2 aromatic heterocycles. The molecule has 4 aromatic rings. The van der Waals surface area contributed by atoms with Gasteiger partial charge in [-0.05, 0) is 35.4 Å². The van der Waals surface area contributed by atoms with Gasteiger partial charge in [0.15, 0.2) is 0 Å². The van der Waals surface area contributed by atoms with E-state index in [1.54, 1.807) is 36.5 Å². The molecule has 2 heterocycles. The molecule has 1 N–H and O–H groups in total. The van der Waals surface area contributed by atoms with Crippen molar-refractivity contribution in [1.82, 2.24) is 4.98 Å². The molecule has 0 spiro atoms. The maximum Gasteiger partial charge on any atom is 1.00 e. The van der Waals surface area contributed by atoms with Gasteiger partial charge in [0.25, 0.3) is 5.91 Å². The summed E-state index contributed by atoms with van der Waals surface area (Å²) in [6, 6.07) is 19.3. The van der Waals surface area contributed by atoms with Crippen LogP contribution >= 0.6 is 0 Å². The summed E-state index contributed by atoms with van der Waals surface area (Å²) in [6.07, 6.45) is 4.52. The first-order chi connectivity index (χ1) is 14.1. The van der Waals surface area contributed by atoms with E-state index in [1.807, 2.05) is 30.3 Å². The Morgan fingerprint density at radius 2 is 1.67 bits per heavy atom. The number of pyridine rings is 1. The van der Waals surface area contributed by atoms with Crippen LogP contribution in [-0.4, -0.2) is 16.9 Å². The molecule has 2 aromatic carbocycles. The van der Waals surface area contributed by atoms with Gasteiger partial charge in [-0.15, -0.1) is 0 Å². The number of nitrogens with zero attached hydrogens (tertiary/aromatic N) is 1. The summed E-state index contributed by atoms with van der Waals surface area (Å²) in [6.45, 7) is 0. The van der Waals surface area contributed by atoms with Gasteiger partial charge in [-0.3, -0.25) is 9.78 Å². The molecule has 0 fully saturated rings. The van der Waals surface area contributed by atoms with Gasteiger partial charge < -0.3 is 19.6 Å². The van der Waals surface area contributed by atoms with Crippen molar-refractivity contribution < 1.29 is 48.7 Å². The molecule has 0 unspecified atom stereocenters. The number of carbonyl (C=O) groups is 2. The Bertz CT molecular complexity index is 1180. The van der Waals surface area contributed by atoms with E-state index in [2.05, 4.69) is 10.3 Å². The largest absolute Gasteiger partial charge is 1.00 e. The fourth-order valence-corrected chi connectivity index (χ4v) is 2.97. The minimum atomic E-state index is -1.37. The fourth-order valence-electron chi connectivity index (χ4n) is 2.97. The van der Waals surface area contributed by atoms with Gasteiger partial charge in [0.1, 0.15) is 5.76 Å². The minimum Gasteiger partial charge on any atom is -0.545 e. The van der Waals surface area contributed by atoms with Crippen molar-refractivity contribution in [2.45, 2.75) is 0 Å². The molecule has 0 aliphatic rings. The molecule has 142 valence electrons. The van der Waals surface area contributed by atoms with Crippen molar-refractivity contribution in [3.8, 4) is 22.5 Å². The number of aromatic nitrogens is 1. The predicted molar refractivity (Wildman–Crippen MR) is 106 cm³/mol. The standard InChI is InChI=1S/C23H16N2O4.Na/c26-22(18-11-17(13-24-14-18)21-7-4-10-29-21)25-20-12-16(8-9-19(20)23(27)28)15-5-2-1-3-6-15;/h1-14H,(H,25,26)(H,27,28);/q;+1/p-1. The second-order valence-electron chi connectivity index (χ2n) is 6.31. The monoisotopic (exact) mass is 406 g/mol. The molecule has 0 aliphatic carbocycles. The average Bonchev–Trinajstić information content (AvgIpc) is 3.29. The zero-order chi connectivity index (χ0) is 20.2. The molecule has 30 heavy (non-hydrogen) atoms. The number of hydrogen-bond acceptors (Lipinski definition) is 5. The Balaban J connectivity index is 0.00000256. The molecule has 0 radical (unpaired) electrons. The third-order valence-electron chi connectivity index (χ3n) is 4.40. The van der Waals surface area contributed by atoms with Crippen molar-refractivity contribution in [2.24, 2.45) is 0 Å². The van der Waals surface area contributed by atoms with E-state index < -0.39 is 11.9 Å². The number of aromatic carboxylic acids is 1. The Morgan fingerprint density at radius 1 is 0.867 bits per heavy atom. The number of carbonyl (C=O) groups excluding carboxylic acids is 2. The van der Waals surface area contributed by atoms with Crippen molar-refractivity contribution in [1.29, 1.82) is 0 Å². The summed E-state index contributed by atoms with van der Waals surface area (Å²) < 4.78 is 5.33. The number of hydrogen-bond donors (Lipinski definition) is 1. The summed E-state index contributed by atoms with van der Waals surface area (Å²) >= 11 is 0. The first-order valence-electron chi connectivity index (χ1n) is 8.83. The average molecular weight is 406 g/mol. The summed E-state index contributed by atoms with van der Waals surface area (Å²) in [5.41, 5.74) is 2.63. The van der Waals surface area contributed by atoms with E-state index in [0.717, 1.165) is 11.1 Å². The molecule has 0 bridgehead atoms. The van der Waals surface area contributed by atoms with E-state index in [1.165, 1.54) is 18.5 Å². The van der Waals surface area contributed by atoms with Gasteiger partial charge >= 0.3 is 29.6 Å². The van der Waals surface area contributed by atoms with E-state index >= 15 is 0 Å². The van der Waals surface area contributed by atoms with E-state index in [4.69, 9.17) is 4.42 Å². The predicted octanol–water partition coefficient (Wildman–Crippen LogP) is 0.628. The van der Waals surface area contributed by atoms with Crippen LogP contribution in [0.3, 0.4) is 0 Å². The third kappa shape index (κ3) is 4.68. The van der Waals surface area contributed by atoms with Crippen LogP contribution in [0.4, 0.5) is 5.69 Å². The number of furan rings is 1. The number of carboxylic acid groups (broad SMARTS) is 1. The second kappa shape index (κ2) is 9.54. The Kier molecular flexibility index (Phi) is 6.84. The number of anilines is 1. The summed E-state index contributed by atoms with van der Waals surface area (Å²) in [5.74, 6) is -1.28. The fraction of sp³-hybridized carbons (Fsp3) is 0. The summed E-state index contributed by atoms with van der Waals surface area (Å²) in [4.78, 5) is 28.3. The van der Waals surface area contributed by atoms with Gasteiger partial charge in [0, 0.05) is 23.5 Å². The quantitative estimate of drug-likeness (QED) is 0.491. The molecule has 6 nitrogen and oxygen atoms in total. The zero-order valence-electron chi connectivity index (χ0n) is 16.2. The molecule has 0 atom stereocenters. The first kappa shape index (κ1) is 21.5. The molecule has 4 rings (SSSR count). The normalized spacial score (nSPS) is 10.1. The topological polar surface area (TPSA) is 95.3 Å².